The lowest BCUT2D eigenvalue weighted by molar-refractivity contribution is -0.141. The van der Waals surface area contributed by atoms with Crippen LogP contribution in [0, 0.1) is 5.92 Å². The first kappa shape index (κ1) is 18.4. The number of nitrogens with one attached hydrogen (secondary N) is 1. The van der Waals surface area contributed by atoms with Crippen molar-refractivity contribution in [2.75, 3.05) is 13.6 Å². The van der Waals surface area contributed by atoms with Crippen molar-refractivity contribution in [3.63, 3.8) is 0 Å². The van der Waals surface area contributed by atoms with Crippen LogP contribution in [0.15, 0.2) is 12.4 Å². The van der Waals surface area contributed by atoms with Crippen molar-refractivity contribution in [3.05, 3.63) is 18.0 Å². The molecule has 1 aliphatic rings. The highest BCUT2D eigenvalue weighted by Gasteiger charge is 2.39. The van der Waals surface area contributed by atoms with Crippen molar-refractivity contribution >= 4 is 11.8 Å². The van der Waals surface area contributed by atoms with Gasteiger partial charge in [0.1, 0.15) is 0 Å². The maximum absolute atomic E-state index is 12.8. The van der Waals surface area contributed by atoms with Crippen molar-refractivity contribution in [2.45, 2.75) is 51.1 Å². The van der Waals surface area contributed by atoms with Gasteiger partial charge in [0.15, 0.2) is 0 Å². The summed E-state index contributed by atoms with van der Waals surface area (Å²) in [6.45, 7) is 4.51. The average molecular weight is 335 g/mol. The molecule has 2 unspecified atom stereocenters. The molecule has 2 rings (SSSR count). The fraction of sp³-hybridized carbons (Fsp3) is 0.706. The van der Waals surface area contributed by atoms with E-state index in [9.17, 15) is 9.59 Å². The molecule has 1 aliphatic heterocycles. The van der Waals surface area contributed by atoms with Crippen molar-refractivity contribution in [3.8, 4) is 0 Å². The number of piperidine rings is 1. The number of nitrogens with two attached hydrogens (primary N) is 1. The van der Waals surface area contributed by atoms with E-state index in [1.807, 2.05) is 27.1 Å². The number of rotatable bonds is 6. The zero-order valence-corrected chi connectivity index (χ0v) is 15.1. The average Bonchev–Trinajstić information content (AvgIpc) is 3.00. The molecule has 0 bridgehead atoms. The highest BCUT2D eigenvalue weighted by molar-refractivity contribution is 5.84. The number of hydrogen-bond donors (Lipinski definition) is 2. The highest BCUT2D eigenvalue weighted by atomic mass is 16.2. The van der Waals surface area contributed by atoms with Gasteiger partial charge in [-0.25, -0.2) is 0 Å². The molecule has 134 valence electrons. The van der Waals surface area contributed by atoms with E-state index in [4.69, 9.17) is 5.73 Å². The van der Waals surface area contributed by atoms with Crippen LogP contribution >= 0.6 is 0 Å². The van der Waals surface area contributed by atoms with Gasteiger partial charge >= 0.3 is 0 Å². The van der Waals surface area contributed by atoms with E-state index in [-0.39, 0.29) is 29.3 Å². The van der Waals surface area contributed by atoms with Crippen LogP contribution in [0.25, 0.3) is 0 Å². The van der Waals surface area contributed by atoms with Crippen LogP contribution in [0.4, 0.5) is 0 Å². The van der Waals surface area contributed by atoms with Crippen LogP contribution in [0.3, 0.4) is 0 Å². The number of aryl methyl sites for hydroxylation is 1. The zero-order chi connectivity index (χ0) is 17.9. The highest BCUT2D eigenvalue weighted by Crippen LogP contribution is 2.35. The monoisotopic (exact) mass is 335 g/mol. The Morgan fingerprint density at radius 2 is 2.08 bits per heavy atom. The van der Waals surface area contributed by atoms with Gasteiger partial charge in [-0.3, -0.25) is 14.3 Å². The Morgan fingerprint density at radius 3 is 2.62 bits per heavy atom. The Morgan fingerprint density at radius 1 is 1.42 bits per heavy atom. The number of likely N-dealkylation sites (tertiary alicyclic amines) is 1. The van der Waals surface area contributed by atoms with E-state index < -0.39 is 0 Å². The molecule has 1 saturated heterocycles. The Balaban J connectivity index is 2.16. The van der Waals surface area contributed by atoms with Gasteiger partial charge in [-0.1, -0.05) is 13.8 Å². The molecule has 0 aliphatic carbocycles. The third-order valence-electron chi connectivity index (χ3n) is 5.29. The first-order valence-corrected chi connectivity index (χ1v) is 8.62. The van der Waals surface area contributed by atoms with E-state index >= 15 is 0 Å². The van der Waals surface area contributed by atoms with Gasteiger partial charge in [0.05, 0.1) is 18.2 Å². The van der Waals surface area contributed by atoms with Gasteiger partial charge in [-0.2, -0.15) is 5.10 Å². The minimum Gasteiger partial charge on any atom is -0.354 e. The van der Waals surface area contributed by atoms with Crippen molar-refractivity contribution < 1.29 is 9.59 Å². The summed E-state index contributed by atoms with van der Waals surface area (Å²) in [6, 6.07) is -0.282. The van der Waals surface area contributed by atoms with Gasteiger partial charge in [0.2, 0.25) is 11.8 Å². The molecule has 2 amide bonds. The summed E-state index contributed by atoms with van der Waals surface area (Å²) >= 11 is 0. The second-order valence-electron chi connectivity index (χ2n) is 6.83. The first-order chi connectivity index (χ1) is 11.3. The minimum absolute atomic E-state index is 0.0417. The molecule has 2 atom stereocenters. The number of aromatic nitrogens is 2. The quantitative estimate of drug-likeness (QED) is 0.810. The van der Waals surface area contributed by atoms with E-state index in [0.717, 1.165) is 18.4 Å². The van der Waals surface area contributed by atoms with Gasteiger partial charge in [-0.05, 0) is 19.3 Å². The maximum atomic E-state index is 12.8. The normalized spacial score (nSPS) is 21.9. The van der Waals surface area contributed by atoms with Crippen LogP contribution in [0.5, 0.6) is 0 Å². The molecular formula is C17H29N5O2. The molecule has 0 saturated carbocycles. The molecule has 24 heavy (non-hydrogen) atoms. The van der Waals surface area contributed by atoms with E-state index in [2.05, 4.69) is 10.4 Å². The van der Waals surface area contributed by atoms with Crippen LogP contribution in [0.1, 0.15) is 51.1 Å². The molecule has 7 nitrogen and oxygen atoms in total. The van der Waals surface area contributed by atoms with Crippen LogP contribution in [-0.4, -0.2) is 45.6 Å². The molecule has 1 aromatic rings. The van der Waals surface area contributed by atoms with Gasteiger partial charge in [0, 0.05) is 44.4 Å². The minimum atomic E-state index is -0.379. The largest absolute Gasteiger partial charge is 0.354 e. The molecule has 0 spiro atoms. The topological polar surface area (TPSA) is 93.2 Å². The van der Waals surface area contributed by atoms with Gasteiger partial charge in [0.25, 0.3) is 0 Å². The second kappa shape index (κ2) is 7.34. The SMILES string of the molecule is CCC(N)(CC)CNC(=O)C1CCC(=O)N(C)C1c1cnn(C)c1. The van der Waals surface area contributed by atoms with Crippen LogP contribution in [-0.2, 0) is 16.6 Å². The smallest absolute Gasteiger partial charge is 0.225 e. The van der Waals surface area contributed by atoms with Gasteiger partial charge < -0.3 is 16.0 Å². The number of carbonyl (C=O) groups excluding carboxylic acids is 2. The second-order valence-corrected chi connectivity index (χ2v) is 6.83. The molecule has 7 heteroatoms. The van der Waals surface area contributed by atoms with Crippen LogP contribution < -0.4 is 11.1 Å². The molecular weight excluding hydrogens is 306 g/mol. The van der Waals surface area contributed by atoms with Crippen molar-refractivity contribution in [1.82, 2.24) is 20.0 Å². The zero-order valence-electron chi connectivity index (χ0n) is 15.1. The molecule has 0 aromatic carbocycles. The molecule has 3 N–H and O–H groups in total. The lowest BCUT2D eigenvalue weighted by atomic mass is 9.84. The van der Waals surface area contributed by atoms with Crippen LogP contribution in [0.2, 0.25) is 0 Å². The fourth-order valence-corrected chi connectivity index (χ4v) is 3.26. The predicted octanol–water partition coefficient (Wildman–Crippen LogP) is 0.963. The predicted molar refractivity (Wildman–Crippen MR) is 92.0 cm³/mol. The van der Waals surface area contributed by atoms with Gasteiger partial charge in [-0.15, -0.1) is 0 Å². The fourth-order valence-electron chi connectivity index (χ4n) is 3.26. The Bertz CT molecular complexity index is 594. The van der Waals surface area contributed by atoms with Crippen molar-refractivity contribution in [1.29, 1.82) is 0 Å². The summed E-state index contributed by atoms with van der Waals surface area (Å²) in [5.41, 5.74) is 6.79. The number of nitrogens with zero attached hydrogens (tertiary/aromatic N) is 3. The third kappa shape index (κ3) is 3.77. The standard InChI is InChI=1S/C17H29N5O2/c1-5-17(18,6-2)11-19-16(24)13-7-8-14(23)22(4)15(13)12-9-20-21(3)10-12/h9-10,13,15H,5-8,11,18H2,1-4H3,(H,19,24). The first-order valence-electron chi connectivity index (χ1n) is 8.62. The molecule has 2 heterocycles. The van der Waals surface area contributed by atoms with E-state index in [1.165, 1.54) is 0 Å². The Kier molecular flexibility index (Phi) is 5.64. The summed E-state index contributed by atoms with van der Waals surface area (Å²) in [5, 5.41) is 7.19. The number of hydrogen-bond acceptors (Lipinski definition) is 4. The van der Waals surface area contributed by atoms with E-state index in [0.29, 0.717) is 19.4 Å². The molecule has 0 radical (unpaired) electrons. The lowest BCUT2D eigenvalue weighted by Crippen LogP contribution is -2.52. The summed E-state index contributed by atoms with van der Waals surface area (Å²) < 4.78 is 1.69. The summed E-state index contributed by atoms with van der Waals surface area (Å²) in [6.07, 6.45) is 6.14. The summed E-state index contributed by atoms with van der Waals surface area (Å²) in [7, 11) is 3.58. The number of carbonyl (C=O) groups is 2. The third-order valence-corrected chi connectivity index (χ3v) is 5.29. The van der Waals surface area contributed by atoms with Crippen molar-refractivity contribution in [2.24, 2.45) is 18.7 Å². The number of amides is 2. The Labute approximate surface area is 143 Å². The summed E-state index contributed by atoms with van der Waals surface area (Å²) in [5.74, 6) is -0.266. The molecule has 1 aromatic heterocycles. The van der Waals surface area contributed by atoms with E-state index in [1.54, 1.807) is 22.8 Å². The maximum Gasteiger partial charge on any atom is 0.225 e. The lowest BCUT2D eigenvalue weighted by Gasteiger charge is -2.38. The molecule has 1 fully saturated rings. The Hall–Kier alpha value is -1.89. The summed E-state index contributed by atoms with van der Waals surface area (Å²) in [4.78, 5) is 26.6.